The predicted molar refractivity (Wildman–Crippen MR) is 115 cm³/mol. The zero-order valence-electron chi connectivity index (χ0n) is 16.9. The predicted octanol–water partition coefficient (Wildman–Crippen LogP) is 3.82. The molecule has 1 saturated heterocycles. The van der Waals surface area contributed by atoms with E-state index in [0.717, 1.165) is 12.1 Å². The second-order valence-corrected chi connectivity index (χ2v) is 7.60. The monoisotopic (exact) mass is 440 g/mol. The van der Waals surface area contributed by atoms with Crippen molar-refractivity contribution in [3.05, 3.63) is 65.0 Å². The lowest BCUT2D eigenvalue weighted by Gasteiger charge is -2.16. The highest BCUT2D eigenvalue weighted by Gasteiger charge is 2.35. The van der Waals surface area contributed by atoms with Crippen LogP contribution in [-0.2, 0) is 16.0 Å². The molecule has 0 bridgehead atoms. The highest BCUT2D eigenvalue weighted by molar-refractivity contribution is 6.30. The van der Waals surface area contributed by atoms with Gasteiger partial charge in [-0.05, 0) is 48.4 Å². The smallest absolute Gasteiger partial charge is 0.322 e. The number of nitrogens with one attached hydrogen (secondary N) is 1. The summed E-state index contributed by atoms with van der Waals surface area (Å²) in [7, 11) is 0. The molecule has 1 aromatic heterocycles. The summed E-state index contributed by atoms with van der Waals surface area (Å²) in [6.45, 7) is 2.29. The van der Waals surface area contributed by atoms with E-state index in [1.165, 1.54) is 5.56 Å². The summed E-state index contributed by atoms with van der Waals surface area (Å²) in [5, 5.41) is 11.0. The number of benzene rings is 2. The van der Waals surface area contributed by atoms with Crippen LogP contribution >= 0.6 is 11.6 Å². The van der Waals surface area contributed by atoms with Gasteiger partial charge in [0.2, 0.25) is 11.8 Å². The standard InChI is InChI=1S/C22H21ClN4O4/c1-2-14-3-9-18(10-4-14)30-13-19(28)24-22-26-25-21(31-22)15-11-20(29)27(12-15)17-7-5-16(23)6-8-17/h3-10,15H,2,11-13H2,1H3,(H,24,26,28). The third-order valence-electron chi connectivity index (χ3n) is 5.00. The second kappa shape index (κ2) is 9.18. The molecule has 1 aliphatic heterocycles. The van der Waals surface area contributed by atoms with Gasteiger partial charge in [-0.15, -0.1) is 5.10 Å². The normalized spacial score (nSPS) is 15.9. The first kappa shape index (κ1) is 20.9. The van der Waals surface area contributed by atoms with E-state index in [2.05, 4.69) is 22.4 Å². The van der Waals surface area contributed by atoms with Crippen molar-refractivity contribution in [3.63, 3.8) is 0 Å². The van der Waals surface area contributed by atoms with Gasteiger partial charge in [-0.25, -0.2) is 0 Å². The Balaban J connectivity index is 1.32. The Morgan fingerprint density at radius 3 is 2.65 bits per heavy atom. The molecule has 31 heavy (non-hydrogen) atoms. The van der Waals surface area contributed by atoms with Crippen molar-refractivity contribution < 1.29 is 18.7 Å². The molecule has 0 aliphatic carbocycles. The Hall–Kier alpha value is -3.39. The molecule has 2 aromatic carbocycles. The van der Waals surface area contributed by atoms with E-state index in [-0.39, 0.29) is 30.9 Å². The quantitative estimate of drug-likeness (QED) is 0.599. The van der Waals surface area contributed by atoms with Crippen molar-refractivity contribution in [2.75, 3.05) is 23.4 Å². The number of carbonyl (C=O) groups excluding carboxylic acids is 2. The van der Waals surface area contributed by atoms with Crippen molar-refractivity contribution in [2.45, 2.75) is 25.7 Å². The maximum absolute atomic E-state index is 12.4. The van der Waals surface area contributed by atoms with Crippen molar-refractivity contribution in [2.24, 2.45) is 0 Å². The van der Waals surface area contributed by atoms with Crippen LogP contribution in [0.2, 0.25) is 5.02 Å². The second-order valence-electron chi connectivity index (χ2n) is 7.16. The summed E-state index contributed by atoms with van der Waals surface area (Å²) in [5.41, 5.74) is 1.95. The molecular weight excluding hydrogens is 420 g/mol. The summed E-state index contributed by atoms with van der Waals surface area (Å²) in [4.78, 5) is 26.2. The SMILES string of the molecule is CCc1ccc(OCC(=O)Nc2nnc(C3CC(=O)N(c4ccc(Cl)cc4)C3)o2)cc1. The minimum atomic E-state index is -0.417. The number of hydrogen-bond donors (Lipinski definition) is 1. The number of rotatable bonds is 7. The van der Waals surface area contributed by atoms with Crippen molar-refractivity contribution in [3.8, 4) is 5.75 Å². The number of amides is 2. The first-order chi connectivity index (χ1) is 15.0. The number of aryl methyl sites for hydroxylation is 1. The van der Waals surface area contributed by atoms with Gasteiger partial charge in [0.15, 0.2) is 6.61 Å². The molecule has 9 heteroatoms. The fourth-order valence-electron chi connectivity index (χ4n) is 3.32. The summed E-state index contributed by atoms with van der Waals surface area (Å²) < 4.78 is 11.0. The maximum Gasteiger partial charge on any atom is 0.322 e. The lowest BCUT2D eigenvalue weighted by Crippen LogP contribution is -2.24. The fourth-order valence-corrected chi connectivity index (χ4v) is 3.45. The van der Waals surface area contributed by atoms with E-state index in [0.29, 0.717) is 23.2 Å². The molecule has 1 fully saturated rings. The summed E-state index contributed by atoms with van der Waals surface area (Å²) >= 11 is 5.91. The molecule has 2 heterocycles. The largest absolute Gasteiger partial charge is 0.484 e. The van der Waals surface area contributed by atoms with E-state index in [1.807, 2.05) is 24.3 Å². The Morgan fingerprint density at radius 2 is 1.94 bits per heavy atom. The van der Waals surface area contributed by atoms with E-state index in [9.17, 15) is 9.59 Å². The average Bonchev–Trinajstić information content (AvgIpc) is 3.40. The third-order valence-corrected chi connectivity index (χ3v) is 5.25. The van der Waals surface area contributed by atoms with E-state index < -0.39 is 5.91 Å². The number of aromatic nitrogens is 2. The molecule has 160 valence electrons. The fraction of sp³-hybridized carbons (Fsp3) is 0.273. The van der Waals surface area contributed by atoms with Crippen LogP contribution in [0.5, 0.6) is 5.75 Å². The van der Waals surface area contributed by atoms with Crippen LogP contribution in [0, 0.1) is 0 Å². The van der Waals surface area contributed by atoms with Crippen LogP contribution in [0.3, 0.4) is 0 Å². The van der Waals surface area contributed by atoms with Crippen LogP contribution in [0.1, 0.15) is 30.7 Å². The Kier molecular flexibility index (Phi) is 6.18. The van der Waals surface area contributed by atoms with Crippen LogP contribution in [0.15, 0.2) is 52.9 Å². The Morgan fingerprint density at radius 1 is 1.19 bits per heavy atom. The highest BCUT2D eigenvalue weighted by atomic mass is 35.5. The molecular formula is C22H21ClN4O4. The minimum Gasteiger partial charge on any atom is -0.484 e. The molecule has 0 spiro atoms. The molecule has 8 nitrogen and oxygen atoms in total. The van der Waals surface area contributed by atoms with Gasteiger partial charge >= 0.3 is 6.01 Å². The molecule has 1 atom stereocenters. The van der Waals surface area contributed by atoms with Crippen molar-refractivity contribution >= 4 is 35.1 Å². The average molecular weight is 441 g/mol. The van der Waals surface area contributed by atoms with Crippen LogP contribution < -0.4 is 15.0 Å². The van der Waals surface area contributed by atoms with Gasteiger partial charge in [0.25, 0.3) is 5.91 Å². The molecule has 1 aliphatic rings. The van der Waals surface area contributed by atoms with Gasteiger partial charge < -0.3 is 14.1 Å². The zero-order valence-corrected chi connectivity index (χ0v) is 17.6. The van der Waals surface area contributed by atoms with Gasteiger partial charge in [-0.2, -0.15) is 0 Å². The number of carbonyl (C=O) groups is 2. The molecule has 1 N–H and O–H groups in total. The number of anilines is 2. The maximum atomic E-state index is 12.4. The lowest BCUT2D eigenvalue weighted by molar-refractivity contribution is -0.118. The molecule has 0 radical (unpaired) electrons. The zero-order chi connectivity index (χ0) is 21.8. The van der Waals surface area contributed by atoms with Gasteiger partial charge in [0.1, 0.15) is 5.75 Å². The van der Waals surface area contributed by atoms with E-state index in [1.54, 1.807) is 29.2 Å². The molecule has 4 rings (SSSR count). The molecule has 1 unspecified atom stereocenters. The van der Waals surface area contributed by atoms with Gasteiger partial charge in [-0.1, -0.05) is 35.8 Å². The van der Waals surface area contributed by atoms with Gasteiger partial charge in [0, 0.05) is 23.7 Å². The first-order valence-corrected chi connectivity index (χ1v) is 10.3. The number of halogens is 1. The lowest BCUT2D eigenvalue weighted by atomic mass is 10.1. The van der Waals surface area contributed by atoms with Crippen LogP contribution in [0.25, 0.3) is 0 Å². The van der Waals surface area contributed by atoms with Gasteiger partial charge in [0.05, 0.1) is 5.92 Å². The topological polar surface area (TPSA) is 97.6 Å². The number of hydrogen-bond acceptors (Lipinski definition) is 6. The van der Waals surface area contributed by atoms with Crippen molar-refractivity contribution in [1.29, 1.82) is 0 Å². The third kappa shape index (κ3) is 5.03. The van der Waals surface area contributed by atoms with E-state index in [4.69, 9.17) is 20.8 Å². The highest BCUT2D eigenvalue weighted by Crippen LogP contribution is 2.32. The van der Waals surface area contributed by atoms with Crippen molar-refractivity contribution in [1.82, 2.24) is 10.2 Å². The number of nitrogens with zero attached hydrogens (tertiary/aromatic N) is 3. The van der Waals surface area contributed by atoms with E-state index >= 15 is 0 Å². The summed E-state index contributed by atoms with van der Waals surface area (Å²) in [6.07, 6.45) is 1.18. The molecule has 3 aromatic rings. The van der Waals surface area contributed by atoms with Crippen LogP contribution in [0.4, 0.5) is 11.7 Å². The summed E-state index contributed by atoms with van der Waals surface area (Å²) in [6, 6.07) is 14.6. The number of ether oxygens (including phenoxy) is 1. The molecule has 0 saturated carbocycles. The van der Waals surface area contributed by atoms with Crippen LogP contribution in [-0.4, -0.2) is 35.2 Å². The summed E-state index contributed by atoms with van der Waals surface area (Å²) in [5.74, 6) is 0.190. The van der Waals surface area contributed by atoms with Gasteiger partial charge in [-0.3, -0.25) is 14.9 Å². The first-order valence-electron chi connectivity index (χ1n) is 9.92. The Bertz CT molecular complexity index is 1070. The minimum absolute atomic E-state index is 0.0256. The Labute approximate surface area is 184 Å². The molecule has 2 amide bonds.